The van der Waals surface area contributed by atoms with Gasteiger partial charge < -0.3 is 14.5 Å². The molecule has 1 aromatic rings. The fourth-order valence-electron chi connectivity index (χ4n) is 3.89. The first-order valence-corrected chi connectivity index (χ1v) is 11.4. The number of hydrogen-bond acceptors (Lipinski definition) is 5. The number of piperidine rings is 1. The third kappa shape index (κ3) is 6.73. The Bertz CT molecular complexity index is 703. The molecule has 1 aliphatic heterocycles. The van der Waals surface area contributed by atoms with E-state index in [1.807, 2.05) is 31.7 Å². The van der Waals surface area contributed by atoms with Crippen LogP contribution in [0.1, 0.15) is 71.9 Å². The number of rotatable bonds is 7. The Morgan fingerprint density at radius 2 is 2.07 bits per heavy atom. The molecule has 162 valence electrons. The van der Waals surface area contributed by atoms with Gasteiger partial charge in [-0.1, -0.05) is 26.2 Å². The molecule has 0 radical (unpaired) electrons. The maximum Gasteiger partial charge on any atom is 0.410 e. The van der Waals surface area contributed by atoms with Gasteiger partial charge in [-0.2, -0.15) is 0 Å². The molecule has 0 N–H and O–H groups in total. The van der Waals surface area contributed by atoms with E-state index in [0.29, 0.717) is 5.28 Å². The number of anilines is 1. The van der Waals surface area contributed by atoms with Crippen LogP contribution >= 0.6 is 11.6 Å². The second-order valence-electron chi connectivity index (χ2n) is 9.38. The van der Waals surface area contributed by atoms with Crippen molar-refractivity contribution in [2.45, 2.75) is 84.3 Å². The molecule has 0 bridgehead atoms. The number of carbonyl (C=O) groups excluding carboxylic acids is 1. The van der Waals surface area contributed by atoms with Gasteiger partial charge in [-0.3, -0.25) is 0 Å². The van der Waals surface area contributed by atoms with Crippen LogP contribution in [0.3, 0.4) is 0 Å². The van der Waals surface area contributed by atoms with Crippen molar-refractivity contribution in [2.24, 2.45) is 5.92 Å². The van der Waals surface area contributed by atoms with Crippen LogP contribution in [0.15, 0.2) is 6.07 Å². The maximum absolute atomic E-state index is 13.0. The van der Waals surface area contributed by atoms with E-state index in [2.05, 4.69) is 21.8 Å². The Kier molecular flexibility index (Phi) is 7.25. The van der Waals surface area contributed by atoms with Gasteiger partial charge in [0, 0.05) is 31.4 Å². The molecule has 2 aliphatic rings. The van der Waals surface area contributed by atoms with Gasteiger partial charge in [0.2, 0.25) is 5.28 Å². The molecule has 29 heavy (non-hydrogen) atoms. The average molecular weight is 423 g/mol. The maximum atomic E-state index is 13.0. The number of carbonyl (C=O) groups is 1. The largest absolute Gasteiger partial charge is 0.444 e. The zero-order valence-corrected chi connectivity index (χ0v) is 19.0. The first kappa shape index (κ1) is 22.1. The van der Waals surface area contributed by atoms with Crippen molar-refractivity contribution in [3.05, 3.63) is 17.0 Å². The lowest BCUT2D eigenvalue weighted by atomic mass is 10.0. The number of halogens is 1. The van der Waals surface area contributed by atoms with Gasteiger partial charge in [0.05, 0.1) is 6.04 Å². The van der Waals surface area contributed by atoms with E-state index in [4.69, 9.17) is 16.3 Å². The Morgan fingerprint density at radius 3 is 2.72 bits per heavy atom. The molecule has 1 atom stereocenters. The van der Waals surface area contributed by atoms with Gasteiger partial charge in [0.15, 0.2) is 0 Å². The van der Waals surface area contributed by atoms with Crippen molar-refractivity contribution >= 4 is 23.5 Å². The number of aromatic nitrogens is 2. The summed E-state index contributed by atoms with van der Waals surface area (Å²) in [6, 6.07) is 2.17. The predicted octanol–water partition coefficient (Wildman–Crippen LogP) is 5.09. The van der Waals surface area contributed by atoms with Crippen molar-refractivity contribution in [1.82, 2.24) is 14.9 Å². The molecule has 1 saturated heterocycles. The quantitative estimate of drug-likeness (QED) is 0.573. The van der Waals surface area contributed by atoms with Crippen molar-refractivity contribution in [1.29, 1.82) is 0 Å². The summed E-state index contributed by atoms with van der Waals surface area (Å²) in [6.45, 7) is 10.3. The lowest BCUT2D eigenvalue weighted by molar-refractivity contribution is 0.0140. The second kappa shape index (κ2) is 9.50. The number of hydrogen-bond donors (Lipinski definition) is 0. The van der Waals surface area contributed by atoms with E-state index in [-0.39, 0.29) is 12.1 Å². The van der Waals surface area contributed by atoms with E-state index in [0.717, 1.165) is 69.2 Å². The number of nitrogens with zero attached hydrogens (tertiary/aromatic N) is 4. The van der Waals surface area contributed by atoms with Gasteiger partial charge in [0.25, 0.3) is 0 Å². The summed E-state index contributed by atoms with van der Waals surface area (Å²) in [7, 11) is 0. The van der Waals surface area contributed by atoms with Gasteiger partial charge in [0.1, 0.15) is 11.4 Å². The smallest absolute Gasteiger partial charge is 0.410 e. The molecule has 0 spiro atoms. The second-order valence-corrected chi connectivity index (χ2v) is 9.72. The third-order valence-corrected chi connectivity index (χ3v) is 5.68. The molecule has 6 nitrogen and oxygen atoms in total. The minimum absolute atomic E-state index is 0.126. The van der Waals surface area contributed by atoms with Gasteiger partial charge in [-0.05, 0) is 64.0 Å². The van der Waals surface area contributed by atoms with Crippen LogP contribution in [0.4, 0.5) is 10.6 Å². The van der Waals surface area contributed by atoms with E-state index < -0.39 is 5.60 Å². The molecule has 0 unspecified atom stereocenters. The summed E-state index contributed by atoms with van der Waals surface area (Å²) < 4.78 is 5.74. The van der Waals surface area contributed by atoms with Crippen molar-refractivity contribution in [3.8, 4) is 0 Å². The van der Waals surface area contributed by atoms with E-state index in [1.165, 1.54) is 12.8 Å². The summed E-state index contributed by atoms with van der Waals surface area (Å²) in [4.78, 5) is 26.0. The van der Waals surface area contributed by atoms with E-state index in [9.17, 15) is 4.79 Å². The summed E-state index contributed by atoms with van der Waals surface area (Å²) in [5.41, 5.74) is 0.487. The topological polar surface area (TPSA) is 58.6 Å². The highest BCUT2D eigenvalue weighted by Gasteiger charge is 2.33. The van der Waals surface area contributed by atoms with Crippen molar-refractivity contribution < 1.29 is 9.53 Å². The lowest BCUT2D eigenvalue weighted by Gasteiger charge is -2.40. The SMILES string of the molecule is CCCc1cc(N2CCC[C@@H](N(CCC3CC3)C(=O)OC(C)(C)C)C2)nc(Cl)n1. The molecule has 2 fully saturated rings. The lowest BCUT2D eigenvalue weighted by Crippen LogP contribution is -2.52. The first-order valence-electron chi connectivity index (χ1n) is 11.0. The van der Waals surface area contributed by atoms with Crippen LogP contribution < -0.4 is 4.90 Å². The Hall–Kier alpha value is -1.56. The highest BCUT2D eigenvalue weighted by Crippen LogP contribution is 2.33. The number of aryl methyl sites for hydroxylation is 1. The van der Waals surface area contributed by atoms with E-state index in [1.54, 1.807) is 0 Å². The van der Waals surface area contributed by atoms with Crippen LogP contribution in [0.2, 0.25) is 5.28 Å². The van der Waals surface area contributed by atoms with Crippen LogP contribution in [-0.4, -0.2) is 52.2 Å². The highest BCUT2D eigenvalue weighted by atomic mass is 35.5. The Labute approximate surface area is 180 Å². The van der Waals surface area contributed by atoms with Crippen molar-refractivity contribution in [3.63, 3.8) is 0 Å². The number of ether oxygens (including phenoxy) is 1. The summed E-state index contributed by atoms with van der Waals surface area (Å²) in [5, 5.41) is 0.297. The molecular formula is C22H35ClN4O2. The molecule has 1 aliphatic carbocycles. The van der Waals surface area contributed by atoms with Gasteiger partial charge in [-0.25, -0.2) is 14.8 Å². The standard InChI is InChI=1S/C22H35ClN4O2/c1-5-7-17-14-19(25-20(23)24-17)26-12-6-8-18(15-26)27(13-11-16-9-10-16)21(28)29-22(2,3)4/h14,16,18H,5-13,15H2,1-4H3/t18-/m1/s1. The minimum Gasteiger partial charge on any atom is -0.444 e. The molecule has 1 aromatic heterocycles. The number of amides is 1. The summed E-state index contributed by atoms with van der Waals surface area (Å²) in [5.74, 6) is 1.64. The molecule has 3 rings (SSSR count). The fourth-order valence-corrected chi connectivity index (χ4v) is 4.08. The molecule has 7 heteroatoms. The average Bonchev–Trinajstić information content (AvgIpc) is 3.45. The van der Waals surface area contributed by atoms with Crippen LogP contribution in [0.5, 0.6) is 0 Å². The third-order valence-electron chi connectivity index (χ3n) is 5.51. The van der Waals surface area contributed by atoms with Gasteiger partial charge >= 0.3 is 6.09 Å². The van der Waals surface area contributed by atoms with Gasteiger partial charge in [-0.15, -0.1) is 0 Å². The highest BCUT2D eigenvalue weighted by molar-refractivity contribution is 6.28. The molecule has 1 saturated carbocycles. The van der Waals surface area contributed by atoms with Crippen LogP contribution in [0.25, 0.3) is 0 Å². The summed E-state index contributed by atoms with van der Waals surface area (Å²) >= 11 is 6.19. The zero-order valence-electron chi connectivity index (χ0n) is 18.3. The van der Waals surface area contributed by atoms with Crippen molar-refractivity contribution in [2.75, 3.05) is 24.5 Å². The van der Waals surface area contributed by atoms with Crippen LogP contribution in [0, 0.1) is 5.92 Å². The molecular weight excluding hydrogens is 388 g/mol. The Balaban J connectivity index is 1.73. The molecule has 1 amide bonds. The predicted molar refractivity (Wildman–Crippen MR) is 117 cm³/mol. The summed E-state index contributed by atoms with van der Waals surface area (Å²) in [6.07, 6.45) is 7.35. The fraction of sp³-hybridized carbons (Fsp3) is 0.773. The van der Waals surface area contributed by atoms with E-state index >= 15 is 0 Å². The first-order chi connectivity index (χ1) is 13.7. The van der Waals surface area contributed by atoms with Crippen LogP contribution in [-0.2, 0) is 11.2 Å². The monoisotopic (exact) mass is 422 g/mol. The molecule has 2 heterocycles. The normalized spacial score (nSPS) is 19.9. The zero-order chi connectivity index (χ0) is 21.0. The Morgan fingerprint density at radius 1 is 1.31 bits per heavy atom. The minimum atomic E-state index is -0.488. The molecule has 0 aromatic carbocycles.